The molecule has 130 valence electrons. The second-order valence-corrected chi connectivity index (χ2v) is 6.44. The minimum absolute atomic E-state index is 0.0764. The molecule has 0 amide bonds. The van der Waals surface area contributed by atoms with Crippen LogP contribution in [0, 0.1) is 0 Å². The largest absolute Gasteiger partial charge is 0.494 e. The smallest absolute Gasteiger partial charge is 0.253 e. The van der Waals surface area contributed by atoms with Gasteiger partial charge < -0.3 is 15.0 Å². The van der Waals surface area contributed by atoms with Crippen molar-refractivity contribution in [1.29, 1.82) is 0 Å². The molecule has 0 unspecified atom stereocenters. The van der Waals surface area contributed by atoms with Crippen molar-refractivity contribution in [2.45, 2.75) is 33.2 Å². The number of H-pyrrole nitrogens is 1. The predicted octanol–water partition coefficient (Wildman–Crippen LogP) is 4.66. The van der Waals surface area contributed by atoms with Gasteiger partial charge in [-0.1, -0.05) is 26.0 Å². The lowest BCUT2D eigenvalue weighted by atomic mass is 10.0. The maximum atomic E-state index is 12.3. The number of nitrogens with one attached hydrogen (secondary N) is 2. The van der Waals surface area contributed by atoms with E-state index < -0.39 is 0 Å². The van der Waals surface area contributed by atoms with E-state index in [0.717, 1.165) is 22.3 Å². The number of aromatic nitrogens is 1. The Morgan fingerprint density at radius 3 is 2.52 bits per heavy atom. The van der Waals surface area contributed by atoms with Crippen LogP contribution in [0.3, 0.4) is 0 Å². The summed E-state index contributed by atoms with van der Waals surface area (Å²) in [5.74, 6) is 1.28. The second-order valence-electron chi connectivity index (χ2n) is 6.44. The van der Waals surface area contributed by atoms with Gasteiger partial charge in [0.15, 0.2) is 0 Å². The molecule has 0 bridgehead atoms. The van der Waals surface area contributed by atoms with Crippen molar-refractivity contribution in [3.05, 3.63) is 70.0 Å². The van der Waals surface area contributed by atoms with E-state index in [9.17, 15) is 4.79 Å². The van der Waals surface area contributed by atoms with E-state index in [1.54, 1.807) is 0 Å². The lowest BCUT2D eigenvalue weighted by Gasteiger charge is -2.10. The summed E-state index contributed by atoms with van der Waals surface area (Å²) in [6.07, 6.45) is 0. The molecule has 1 heterocycles. The van der Waals surface area contributed by atoms with Crippen LogP contribution in [0.4, 0.5) is 5.69 Å². The number of anilines is 1. The second kappa shape index (κ2) is 7.43. The first kappa shape index (κ1) is 17.1. The van der Waals surface area contributed by atoms with Gasteiger partial charge in [-0.15, -0.1) is 0 Å². The first-order chi connectivity index (χ1) is 12.1. The molecule has 0 atom stereocenters. The highest BCUT2D eigenvalue weighted by atomic mass is 16.5. The van der Waals surface area contributed by atoms with Crippen molar-refractivity contribution in [1.82, 2.24) is 4.98 Å². The van der Waals surface area contributed by atoms with E-state index in [2.05, 4.69) is 48.4 Å². The highest BCUT2D eigenvalue weighted by molar-refractivity contribution is 5.80. The Hall–Kier alpha value is -2.75. The summed E-state index contributed by atoms with van der Waals surface area (Å²) in [5, 5.41) is 4.31. The number of fused-ring (bicyclic) bond motifs is 1. The lowest BCUT2D eigenvalue weighted by molar-refractivity contribution is 0.340. The van der Waals surface area contributed by atoms with E-state index >= 15 is 0 Å². The van der Waals surface area contributed by atoms with Crippen LogP contribution in [-0.2, 0) is 6.54 Å². The van der Waals surface area contributed by atoms with Gasteiger partial charge in [-0.25, -0.2) is 0 Å². The number of hydrogen-bond acceptors (Lipinski definition) is 3. The molecule has 3 aromatic rings. The molecule has 1 aromatic heterocycles. The van der Waals surface area contributed by atoms with Crippen molar-refractivity contribution in [2.24, 2.45) is 0 Å². The molecule has 2 N–H and O–H groups in total. The molecule has 0 saturated carbocycles. The number of aromatic amines is 1. The Bertz CT molecular complexity index is 911. The predicted molar refractivity (Wildman–Crippen MR) is 104 cm³/mol. The summed E-state index contributed by atoms with van der Waals surface area (Å²) in [6, 6.07) is 16.0. The number of hydrogen-bond donors (Lipinski definition) is 2. The molecule has 25 heavy (non-hydrogen) atoms. The summed E-state index contributed by atoms with van der Waals surface area (Å²) >= 11 is 0. The van der Waals surface area contributed by atoms with Crippen LogP contribution in [0.25, 0.3) is 10.9 Å². The van der Waals surface area contributed by atoms with Crippen LogP contribution in [-0.4, -0.2) is 11.6 Å². The van der Waals surface area contributed by atoms with Crippen LogP contribution in [0.1, 0.15) is 37.8 Å². The number of rotatable bonds is 6. The van der Waals surface area contributed by atoms with E-state index in [-0.39, 0.29) is 5.56 Å². The van der Waals surface area contributed by atoms with Crippen LogP contribution in [0.2, 0.25) is 0 Å². The maximum Gasteiger partial charge on any atom is 0.253 e. The van der Waals surface area contributed by atoms with E-state index in [1.165, 1.54) is 5.56 Å². The zero-order valence-corrected chi connectivity index (χ0v) is 14.9. The average molecular weight is 336 g/mol. The Morgan fingerprint density at radius 1 is 1.08 bits per heavy atom. The standard InChI is InChI=1S/C21H24N2O2/c1-4-25-19-10-7-16-11-17(21(24)23-20(16)12-19)13-22-18-8-5-15(6-9-18)14(2)3/h5-12,14,22H,4,13H2,1-3H3,(H,23,24). The maximum absolute atomic E-state index is 12.3. The first-order valence-electron chi connectivity index (χ1n) is 8.69. The molecule has 0 aliphatic heterocycles. The SMILES string of the molecule is CCOc1ccc2cc(CNc3ccc(C(C)C)cc3)c(=O)[nH]c2c1. The topological polar surface area (TPSA) is 54.1 Å². The van der Waals surface area contributed by atoms with Crippen LogP contribution < -0.4 is 15.6 Å². The Kier molecular flexibility index (Phi) is 5.08. The Morgan fingerprint density at radius 2 is 1.84 bits per heavy atom. The van der Waals surface area contributed by atoms with Gasteiger partial charge in [0, 0.05) is 23.9 Å². The van der Waals surface area contributed by atoms with Crippen molar-refractivity contribution in [3.8, 4) is 5.75 Å². The van der Waals surface area contributed by atoms with E-state index in [0.29, 0.717) is 24.6 Å². The molecule has 0 saturated heterocycles. The van der Waals surface area contributed by atoms with Crippen LogP contribution in [0.15, 0.2) is 53.3 Å². The fourth-order valence-electron chi connectivity index (χ4n) is 2.80. The Labute approximate surface area is 147 Å². The van der Waals surface area contributed by atoms with Crippen molar-refractivity contribution in [3.63, 3.8) is 0 Å². The third-order valence-electron chi connectivity index (χ3n) is 4.27. The molecular formula is C21H24N2O2. The molecule has 0 aliphatic rings. The first-order valence-corrected chi connectivity index (χ1v) is 8.69. The summed E-state index contributed by atoms with van der Waals surface area (Å²) < 4.78 is 5.48. The number of ether oxygens (including phenoxy) is 1. The molecule has 4 nitrogen and oxygen atoms in total. The van der Waals surface area contributed by atoms with Gasteiger partial charge in [0.2, 0.25) is 0 Å². The van der Waals surface area contributed by atoms with Crippen LogP contribution in [0.5, 0.6) is 5.75 Å². The highest BCUT2D eigenvalue weighted by Gasteiger charge is 2.05. The third-order valence-corrected chi connectivity index (χ3v) is 4.27. The molecule has 0 aliphatic carbocycles. The quantitative estimate of drug-likeness (QED) is 0.688. The van der Waals surface area contributed by atoms with E-state index in [4.69, 9.17) is 4.74 Å². The third kappa shape index (κ3) is 4.02. The van der Waals surface area contributed by atoms with Gasteiger partial charge in [0.1, 0.15) is 5.75 Å². The van der Waals surface area contributed by atoms with Crippen molar-refractivity contribution in [2.75, 3.05) is 11.9 Å². The van der Waals surface area contributed by atoms with Gasteiger partial charge in [-0.2, -0.15) is 0 Å². The minimum Gasteiger partial charge on any atom is -0.494 e. The molecule has 2 aromatic carbocycles. The molecule has 4 heteroatoms. The fourth-order valence-corrected chi connectivity index (χ4v) is 2.80. The van der Waals surface area contributed by atoms with Gasteiger partial charge in [-0.3, -0.25) is 4.79 Å². The summed E-state index contributed by atoms with van der Waals surface area (Å²) in [6.45, 7) is 7.38. The fraction of sp³-hybridized carbons (Fsp3) is 0.286. The van der Waals surface area contributed by atoms with Crippen LogP contribution >= 0.6 is 0 Å². The number of pyridine rings is 1. The van der Waals surface area contributed by atoms with Gasteiger partial charge >= 0.3 is 0 Å². The summed E-state index contributed by atoms with van der Waals surface area (Å²) in [7, 11) is 0. The number of benzene rings is 2. The molecule has 3 rings (SSSR count). The monoisotopic (exact) mass is 336 g/mol. The average Bonchev–Trinajstić information content (AvgIpc) is 2.60. The van der Waals surface area contributed by atoms with Crippen molar-refractivity contribution < 1.29 is 4.74 Å². The molecule has 0 spiro atoms. The Balaban J connectivity index is 1.78. The van der Waals surface area contributed by atoms with Gasteiger partial charge in [0.05, 0.1) is 12.1 Å². The lowest BCUT2D eigenvalue weighted by Crippen LogP contribution is -2.15. The zero-order valence-electron chi connectivity index (χ0n) is 14.9. The molecular weight excluding hydrogens is 312 g/mol. The van der Waals surface area contributed by atoms with Gasteiger partial charge in [-0.05, 0) is 54.1 Å². The van der Waals surface area contributed by atoms with Crippen molar-refractivity contribution >= 4 is 16.6 Å². The van der Waals surface area contributed by atoms with E-state index in [1.807, 2.05) is 31.2 Å². The molecule has 0 radical (unpaired) electrons. The van der Waals surface area contributed by atoms with Gasteiger partial charge in [0.25, 0.3) is 5.56 Å². The molecule has 0 fully saturated rings. The zero-order chi connectivity index (χ0) is 17.8. The summed E-state index contributed by atoms with van der Waals surface area (Å²) in [4.78, 5) is 15.3. The minimum atomic E-state index is -0.0764. The normalized spacial score (nSPS) is 11.0. The summed E-state index contributed by atoms with van der Waals surface area (Å²) in [5.41, 5.74) is 3.74. The highest BCUT2D eigenvalue weighted by Crippen LogP contribution is 2.20.